The Labute approximate surface area is 106 Å². The lowest BCUT2D eigenvalue weighted by atomic mass is 9.73. The van der Waals surface area contributed by atoms with Crippen molar-refractivity contribution >= 4 is 21.7 Å². The van der Waals surface area contributed by atoms with Crippen LogP contribution in [0.2, 0.25) is 0 Å². The van der Waals surface area contributed by atoms with Crippen molar-refractivity contribution in [3.63, 3.8) is 0 Å². The van der Waals surface area contributed by atoms with Crippen LogP contribution >= 0.6 is 15.9 Å². The minimum Gasteiger partial charge on any atom is -0.367 e. The second-order valence-corrected chi connectivity index (χ2v) is 6.09. The molecule has 1 atom stereocenters. The van der Waals surface area contributed by atoms with Crippen molar-refractivity contribution in [2.24, 2.45) is 5.41 Å². The third-order valence-electron chi connectivity index (χ3n) is 3.54. The van der Waals surface area contributed by atoms with Gasteiger partial charge in [0.25, 0.3) is 0 Å². The number of hydrogen-bond acceptors (Lipinski definition) is 2. The third-order valence-corrected chi connectivity index (χ3v) is 3.99. The number of pyridine rings is 1. The lowest BCUT2D eigenvalue weighted by molar-refractivity contribution is 0.216. The van der Waals surface area contributed by atoms with Gasteiger partial charge >= 0.3 is 0 Å². The van der Waals surface area contributed by atoms with Crippen LogP contribution in [0, 0.1) is 5.41 Å². The van der Waals surface area contributed by atoms with Gasteiger partial charge in [-0.25, -0.2) is 4.98 Å². The fourth-order valence-electron chi connectivity index (χ4n) is 2.43. The number of anilines is 1. The molecule has 1 aliphatic carbocycles. The average molecular weight is 283 g/mol. The first-order chi connectivity index (χ1) is 7.58. The quantitative estimate of drug-likeness (QED) is 0.822. The maximum absolute atomic E-state index is 4.44. The fourth-order valence-corrected chi connectivity index (χ4v) is 2.77. The summed E-state index contributed by atoms with van der Waals surface area (Å²) in [4.78, 5) is 4.44. The highest BCUT2D eigenvalue weighted by Crippen LogP contribution is 2.37. The number of rotatable bonds is 2. The van der Waals surface area contributed by atoms with Crippen molar-refractivity contribution < 1.29 is 0 Å². The van der Waals surface area contributed by atoms with E-state index in [9.17, 15) is 0 Å². The minimum atomic E-state index is 0.377. The van der Waals surface area contributed by atoms with Crippen molar-refractivity contribution in [3.05, 3.63) is 22.8 Å². The maximum Gasteiger partial charge on any atom is 0.127 e. The predicted octanol–water partition coefficient (Wildman–Crippen LogP) is 4.22. The first-order valence-corrected chi connectivity index (χ1v) is 6.76. The molecule has 0 aromatic carbocycles. The van der Waals surface area contributed by atoms with Gasteiger partial charge in [0.15, 0.2) is 0 Å². The Morgan fingerprint density at radius 2 is 2.19 bits per heavy atom. The summed E-state index contributed by atoms with van der Waals surface area (Å²) < 4.78 is 0.895. The molecule has 1 saturated carbocycles. The molecule has 88 valence electrons. The summed E-state index contributed by atoms with van der Waals surface area (Å²) in [7, 11) is 0. The Bertz CT molecular complexity index is 363. The topological polar surface area (TPSA) is 24.9 Å². The summed E-state index contributed by atoms with van der Waals surface area (Å²) in [5.74, 6) is 0.981. The highest BCUT2D eigenvalue weighted by Gasteiger charge is 2.32. The van der Waals surface area contributed by atoms with E-state index in [4.69, 9.17) is 0 Å². The molecule has 0 amide bonds. The van der Waals surface area contributed by atoms with Gasteiger partial charge in [0, 0.05) is 6.04 Å². The third kappa shape index (κ3) is 2.76. The number of aromatic nitrogens is 1. The number of halogens is 1. The van der Waals surface area contributed by atoms with E-state index in [1.54, 1.807) is 0 Å². The molecule has 16 heavy (non-hydrogen) atoms. The molecule has 1 heterocycles. The number of nitrogens with one attached hydrogen (secondary N) is 1. The molecule has 1 unspecified atom stereocenters. The molecule has 0 spiro atoms. The number of hydrogen-bond donors (Lipinski definition) is 1. The van der Waals surface area contributed by atoms with Crippen molar-refractivity contribution in [2.75, 3.05) is 5.32 Å². The van der Waals surface area contributed by atoms with Gasteiger partial charge in [-0.2, -0.15) is 0 Å². The van der Waals surface area contributed by atoms with E-state index in [0.717, 1.165) is 10.4 Å². The summed E-state index contributed by atoms with van der Waals surface area (Å²) in [6, 6.07) is 6.56. The minimum absolute atomic E-state index is 0.377. The Morgan fingerprint density at radius 3 is 2.88 bits per heavy atom. The lowest BCUT2D eigenvalue weighted by Crippen LogP contribution is -2.39. The van der Waals surface area contributed by atoms with Crippen LogP contribution in [0.4, 0.5) is 5.82 Å². The van der Waals surface area contributed by atoms with E-state index in [-0.39, 0.29) is 0 Å². The SMILES string of the molecule is CC1(C)CCCCC1Nc1cccc(Br)n1. The van der Waals surface area contributed by atoms with E-state index in [1.165, 1.54) is 25.7 Å². The zero-order valence-electron chi connectivity index (χ0n) is 9.96. The van der Waals surface area contributed by atoms with Gasteiger partial charge in [0.1, 0.15) is 10.4 Å². The van der Waals surface area contributed by atoms with Crippen LogP contribution < -0.4 is 5.32 Å². The first kappa shape index (κ1) is 11.9. The Balaban J connectivity index is 2.08. The first-order valence-electron chi connectivity index (χ1n) is 5.97. The van der Waals surface area contributed by atoms with Crippen molar-refractivity contribution in [1.29, 1.82) is 0 Å². The molecule has 1 aliphatic rings. The van der Waals surface area contributed by atoms with Gasteiger partial charge in [-0.05, 0) is 46.3 Å². The van der Waals surface area contributed by atoms with Crippen LogP contribution in [-0.4, -0.2) is 11.0 Å². The van der Waals surface area contributed by atoms with Crippen LogP contribution in [0.15, 0.2) is 22.8 Å². The molecule has 2 nitrogen and oxygen atoms in total. The molecule has 1 aromatic heterocycles. The summed E-state index contributed by atoms with van der Waals surface area (Å²) >= 11 is 3.40. The second-order valence-electron chi connectivity index (χ2n) is 5.28. The normalized spacial score (nSPS) is 24.1. The van der Waals surface area contributed by atoms with Gasteiger partial charge in [-0.3, -0.25) is 0 Å². The molecule has 2 rings (SSSR count). The highest BCUT2D eigenvalue weighted by atomic mass is 79.9. The molecule has 0 radical (unpaired) electrons. The van der Waals surface area contributed by atoms with Crippen molar-refractivity contribution in [1.82, 2.24) is 4.98 Å². The smallest absolute Gasteiger partial charge is 0.127 e. The van der Waals surface area contributed by atoms with Crippen LogP contribution in [0.5, 0.6) is 0 Å². The average Bonchev–Trinajstić information content (AvgIpc) is 2.21. The molecule has 0 saturated heterocycles. The van der Waals surface area contributed by atoms with Crippen molar-refractivity contribution in [2.45, 2.75) is 45.6 Å². The van der Waals surface area contributed by atoms with Gasteiger partial charge in [-0.1, -0.05) is 32.8 Å². The van der Waals surface area contributed by atoms with Crippen LogP contribution in [0.25, 0.3) is 0 Å². The Kier molecular flexibility index (Phi) is 3.53. The molecule has 1 fully saturated rings. The Hall–Kier alpha value is -0.570. The molecule has 0 aliphatic heterocycles. The van der Waals surface area contributed by atoms with E-state index >= 15 is 0 Å². The monoisotopic (exact) mass is 282 g/mol. The standard InChI is InChI=1S/C13H19BrN2/c1-13(2)9-4-3-6-10(13)15-12-8-5-7-11(14)16-12/h5,7-8,10H,3-4,6,9H2,1-2H3,(H,15,16). The summed E-state index contributed by atoms with van der Waals surface area (Å²) in [5, 5.41) is 3.57. The van der Waals surface area contributed by atoms with E-state index in [1.807, 2.05) is 18.2 Å². The second kappa shape index (κ2) is 4.74. The summed E-state index contributed by atoms with van der Waals surface area (Å²) in [6.45, 7) is 4.70. The zero-order chi connectivity index (χ0) is 11.6. The van der Waals surface area contributed by atoms with Gasteiger partial charge in [-0.15, -0.1) is 0 Å². The molecule has 3 heteroatoms. The van der Waals surface area contributed by atoms with Crippen molar-refractivity contribution in [3.8, 4) is 0 Å². The summed E-state index contributed by atoms with van der Waals surface area (Å²) in [6.07, 6.45) is 5.24. The Morgan fingerprint density at radius 1 is 1.38 bits per heavy atom. The molecule has 1 aromatic rings. The number of nitrogens with zero attached hydrogens (tertiary/aromatic N) is 1. The van der Waals surface area contributed by atoms with Crippen LogP contribution in [-0.2, 0) is 0 Å². The van der Waals surface area contributed by atoms with E-state index in [0.29, 0.717) is 11.5 Å². The largest absolute Gasteiger partial charge is 0.367 e. The zero-order valence-corrected chi connectivity index (χ0v) is 11.5. The van der Waals surface area contributed by atoms with Crippen LogP contribution in [0.3, 0.4) is 0 Å². The van der Waals surface area contributed by atoms with E-state index < -0.39 is 0 Å². The molecular weight excluding hydrogens is 264 g/mol. The molecular formula is C13H19BrN2. The van der Waals surface area contributed by atoms with Gasteiger partial charge < -0.3 is 5.32 Å². The fraction of sp³-hybridized carbons (Fsp3) is 0.615. The van der Waals surface area contributed by atoms with Gasteiger partial charge in [0.2, 0.25) is 0 Å². The molecule has 1 N–H and O–H groups in total. The predicted molar refractivity (Wildman–Crippen MR) is 71.6 cm³/mol. The van der Waals surface area contributed by atoms with E-state index in [2.05, 4.69) is 40.1 Å². The summed E-state index contributed by atoms with van der Waals surface area (Å²) in [5.41, 5.74) is 0.377. The van der Waals surface area contributed by atoms with Gasteiger partial charge in [0.05, 0.1) is 0 Å². The van der Waals surface area contributed by atoms with Crippen LogP contribution in [0.1, 0.15) is 39.5 Å². The maximum atomic E-state index is 4.44. The lowest BCUT2D eigenvalue weighted by Gasteiger charge is -2.39. The molecule has 0 bridgehead atoms. The highest BCUT2D eigenvalue weighted by molar-refractivity contribution is 9.10.